The fourth-order valence-corrected chi connectivity index (χ4v) is 2.42. The maximum atomic E-state index is 11.9. The number of rotatable bonds is 7. The normalized spacial score (nSPS) is 11.0. The van der Waals surface area contributed by atoms with E-state index in [9.17, 15) is 4.79 Å². The number of benzene rings is 2. The maximum Gasteiger partial charge on any atom is 0.253 e. The lowest BCUT2D eigenvalue weighted by atomic mass is 10.1. The third-order valence-corrected chi connectivity index (χ3v) is 4.02. The number of halogens is 1. The highest BCUT2D eigenvalue weighted by Gasteiger charge is 2.07. The number of nitrogens with zero attached hydrogens (tertiary/aromatic N) is 2. The molecule has 0 saturated heterocycles. The third-order valence-electron chi connectivity index (χ3n) is 3.77. The van der Waals surface area contributed by atoms with Crippen LogP contribution in [0, 0.1) is 0 Å². The van der Waals surface area contributed by atoms with Gasteiger partial charge in [0, 0.05) is 38.3 Å². The van der Waals surface area contributed by atoms with E-state index in [0.717, 1.165) is 11.3 Å². The lowest BCUT2D eigenvalue weighted by Gasteiger charge is -2.13. The molecule has 0 aliphatic heterocycles. The van der Waals surface area contributed by atoms with E-state index >= 15 is 0 Å². The van der Waals surface area contributed by atoms with Crippen LogP contribution in [0.1, 0.15) is 15.9 Å². The molecule has 6 nitrogen and oxygen atoms in total. The average Bonchev–Trinajstić information content (AvgIpc) is 2.68. The Kier molecular flexibility index (Phi) is 7.95. The van der Waals surface area contributed by atoms with E-state index in [-0.39, 0.29) is 5.91 Å². The summed E-state index contributed by atoms with van der Waals surface area (Å²) < 4.78 is 5.63. The maximum absolute atomic E-state index is 11.9. The fourth-order valence-electron chi connectivity index (χ4n) is 2.30. The average molecular weight is 389 g/mol. The molecule has 0 saturated carbocycles. The molecular weight excluding hydrogens is 364 g/mol. The van der Waals surface area contributed by atoms with Gasteiger partial charge in [-0.2, -0.15) is 0 Å². The van der Waals surface area contributed by atoms with E-state index < -0.39 is 0 Å². The molecule has 0 bridgehead atoms. The second-order valence-corrected chi connectivity index (χ2v) is 6.49. The van der Waals surface area contributed by atoms with Crippen molar-refractivity contribution in [3.8, 4) is 5.75 Å². The zero-order valence-corrected chi connectivity index (χ0v) is 16.6. The van der Waals surface area contributed by atoms with Gasteiger partial charge in [-0.25, -0.2) is 0 Å². The van der Waals surface area contributed by atoms with E-state index in [1.165, 1.54) is 0 Å². The van der Waals surface area contributed by atoms with E-state index in [2.05, 4.69) is 15.6 Å². The smallest absolute Gasteiger partial charge is 0.253 e. The Morgan fingerprint density at radius 3 is 2.33 bits per heavy atom. The van der Waals surface area contributed by atoms with E-state index in [1.807, 2.05) is 36.4 Å². The Morgan fingerprint density at radius 1 is 1.07 bits per heavy atom. The molecule has 1 amide bonds. The summed E-state index contributed by atoms with van der Waals surface area (Å²) in [6.07, 6.45) is 0. The van der Waals surface area contributed by atoms with Gasteiger partial charge in [0.05, 0.1) is 6.54 Å². The van der Waals surface area contributed by atoms with Crippen LogP contribution in [0.5, 0.6) is 5.75 Å². The van der Waals surface area contributed by atoms with Gasteiger partial charge in [0.2, 0.25) is 0 Å². The largest absolute Gasteiger partial charge is 0.492 e. The highest BCUT2D eigenvalue weighted by molar-refractivity contribution is 6.30. The van der Waals surface area contributed by atoms with Crippen LogP contribution >= 0.6 is 11.6 Å². The Bertz CT molecular complexity index is 759. The molecule has 2 aromatic carbocycles. The summed E-state index contributed by atoms with van der Waals surface area (Å²) in [5.41, 5.74) is 1.73. The van der Waals surface area contributed by atoms with Gasteiger partial charge >= 0.3 is 0 Å². The highest BCUT2D eigenvalue weighted by Crippen LogP contribution is 2.15. The van der Waals surface area contributed by atoms with Crippen LogP contribution in [0.4, 0.5) is 0 Å². The number of hydrogen-bond acceptors (Lipinski definition) is 3. The second-order valence-electron chi connectivity index (χ2n) is 6.05. The Hall–Kier alpha value is -2.73. The van der Waals surface area contributed by atoms with Crippen molar-refractivity contribution in [3.05, 3.63) is 64.7 Å². The number of guanidine groups is 1. The Labute approximate surface area is 165 Å². The third kappa shape index (κ3) is 6.83. The van der Waals surface area contributed by atoms with Gasteiger partial charge in [-0.1, -0.05) is 23.7 Å². The van der Waals surface area contributed by atoms with Crippen LogP contribution in [-0.4, -0.2) is 51.1 Å². The van der Waals surface area contributed by atoms with Crippen molar-refractivity contribution in [2.45, 2.75) is 6.54 Å². The van der Waals surface area contributed by atoms with Gasteiger partial charge in [-0.3, -0.25) is 9.79 Å². The van der Waals surface area contributed by atoms with E-state index in [4.69, 9.17) is 16.3 Å². The number of nitrogens with one attached hydrogen (secondary N) is 2. The van der Waals surface area contributed by atoms with Crippen molar-refractivity contribution in [2.24, 2.45) is 4.99 Å². The Balaban J connectivity index is 1.73. The first-order valence-electron chi connectivity index (χ1n) is 8.63. The topological polar surface area (TPSA) is 66.0 Å². The van der Waals surface area contributed by atoms with Crippen LogP contribution < -0.4 is 15.4 Å². The minimum atomic E-state index is -0.00678. The minimum Gasteiger partial charge on any atom is -0.492 e. The number of amides is 1. The van der Waals surface area contributed by atoms with Gasteiger partial charge < -0.3 is 20.3 Å². The first kappa shape index (κ1) is 20.6. The molecule has 0 radical (unpaired) electrons. The van der Waals surface area contributed by atoms with Gasteiger partial charge in [-0.05, 0) is 42.0 Å². The molecule has 0 aromatic heterocycles. The minimum absolute atomic E-state index is 0.00678. The molecule has 2 N–H and O–H groups in total. The van der Waals surface area contributed by atoms with Crippen LogP contribution in [0.25, 0.3) is 0 Å². The molecule has 0 spiro atoms. The van der Waals surface area contributed by atoms with E-state index in [0.29, 0.717) is 36.2 Å². The van der Waals surface area contributed by atoms with Crippen molar-refractivity contribution < 1.29 is 9.53 Å². The number of ether oxygens (including phenoxy) is 1. The number of hydrogen-bond donors (Lipinski definition) is 2. The molecule has 7 heteroatoms. The zero-order valence-electron chi connectivity index (χ0n) is 15.8. The summed E-state index contributed by atoms with van der Waals surface area (Å²) >= 11 is 5.85. The predicted molar refractivity (Wildman–Crippen MR) is 110 cm³/mol. The van der Waals surface area contributed by atoms with Gasteiger partial charge in [0.25, 0.3) is 5.91 Å². The molecule has 0 aliphatic rings. The number of carbonyl (C=O) groups is 1. The Morgan fingerprint density at radius 2 is 1.74 bits per heavy atom. The molecule has 0 atom stereocenters. The van der Waals surface area contributed by atoms with Crippen molar-refractivity contribution in [1.82, 2.24) is 15.5 Å². The molecule has 0 unspecified atom stereocenters. The van der Waals surface area contributed by atoms with E-state index in [1.54, 1.807) is 38.2 Å². The van der Waals surface area contributed by atoms with Crippen LogP contribution in [0.3, 0.4) is 0 Å². The summed E-state index contributed by atoms with van der Waals surface area (Å²) in [5.74, 6) is 1.45. The lowest BCUT2D eigenvalue weighted by Crippen LogP contribution is -2.38. The molecular formula is C20H25ClN4O2. The summed E-state index contributed by atoms with van der Waals surface area (Å²) in [6.45, 7) is 1.72. The summed E-state index contributed by atoms with van der Waals surface area (Å²) in [4.78, 5) is 17.6. The SMILES string of the molecule is CN=C(NCCOc1ccc(Cl)cc1)NCc1ccc(C(=O)N(C)C)cc1. The number of aliphatic imine (C=N–C) groups is 1. The molecule has 0 heterocycles. The zero-order chi connectivity index (χ0) is 19.6. The standard InChI is InChI=1S/C20H25ClN4O2/c1-22-20(23-12-13-27-18-10-8-17(21)9-11-18)24-14-15-4-6-16(7-5-15)19(26)25(2)3/h4-11H,12-14H2,1-3H3,(H2,22,23,24). The predicted octanol–water partition coefficient (Wildman–Crippen LogP) is 2.79. The van der Waals surface area contributed by atoms with Gasteiger partial charge in [0.1, 0.15) is 12.4 Å². The number of carbonyl (C=O) groups excluding carboxylic acids is 1. The van der Waals surface area contributed by atoms with Crippen LogP contribution in [0.15, 0.2) is 53.5 Å². The monoisotopic (exact) mass is 388 g/mol. The van der Waals surface area contributed by atoms with Crippen molar-refractivity contribution in [3.63, 3.8) is 0 Å². The van der Waals surface area contributed by atoms with Crippen LogP contribution in [-0.2, 0) is 6.54 Å². The van der Waals surface area contributed by atoms with Crippen molar-refractivity contribution >= 4 is 23.5 Å². The lowest BCUT2D eigenvalue weighted by molar-refractivity contribution is 0.0827. The molecule has 144 valence electrons. The first-order chi connectivity index (χ1) is 13.0. The first-order valence-corrected chi connectivity index (χ1v) is 9.01. The van der Waals surface area contributed by atoms with Gasteiger partial charge in [-0.15, -0.1) is 0 Å². The molecule has 2 rings (SSSR count). The fraction of sp³-hybridized carbons (Fsp3) is 0.300. The van der Waals surface area contributed by atoms with Gasteiger partial charge in [0.15, 0.2) is 5.96 Å². The van der Waals surface area contributed by atoms with Crippen molar-refractivity contribution in [1.29, 1.82) is 0 Å². The summed E-state index contributed by atoms with van der Waals surface area (Å²) in [5, 5.41) is 7.11. The molecule has 0 fully saturated rings. The van der Waals surface area contributed by atoms with Crippen LogP contribution in [0.2, 0.25) is 5.02 Å². The highest BCUT2D eigenvalue weighted by atomic mass is 35.5. The molecule has 0 aliphatic carbocycles. The summed E-state index contributed by atoms with van der Waals surface area (Å²) in [7, 11) is 5.20. The molecule has 27 heavy (non-hydrogen) atoms. The van der Waals surface area contributed by atoms with Crippen molar-refractivity contribution in [2.75, 3.05) is 34.3 Å². The quantitative estimate of drug-likeness (QED) is 0.435. The summed E-state index contributed by atoms with van der Waals surface area (Å²) in [6, 6.07) is 14.8. The second kappa shape index (κ2) is 10.4. The molecule has 2 aromatic rings.